The van der Waals surface area contributed by atoms with Crippen molar-refractivity contribution in [3.63, 3.8) is 0 Å². The molecule has 6 nitrogen and oxygen atoms in total. The van der Waals surface area contributed by atoms with Crippen LogP contribution in [0.15, 0.2) is 12.4 Å². The van der Waals surface area contributed by atoms with E-state index in [1.807, 2.05) is 7.05 Å². The van der Waals surface area contributed by atoms with Gasteiger partial charge in [0.2, 0.25) is 0 Å². The number of likely N-dealkylation sites (N-methyl/N-ethyl adjacent to an activating group) is 1. The standard InChI is InChI=1S/C12H21N5O/c1-4-9(2)17(3)6-5-14-12(18)10-7-16-11(13)8-15-10/h7-9H,4-6H2,1-3H3,(H2,13,16)(H,14,18). The second-order valence-electron chi connectivity index (χ2n) is 4.32. The highest BCUT2D eigenvalue weighted by Gasteiger charge is 2.09. The van der Waals surface area contributed by atoms with Crippen LogP contribution in [0.5, 0.6) is 0 Å². The van der Waals surface area contributed by atoms with Crippen LogP contribution >= 0.6 is 0 Å². The van der Waals surface area contributed by atoms with Gasteiger partial charge in [0.05, 0.1) is 12.4 Å². The van der Waals surface area contributed by atoms with E-state index in [2.05, 4.69) is 34.0 Å². The van der Waals surface area contributed by atoms with Gasteiger partial charge in [-0.15, -0.1) is 0 Å². The van der Waals surface area contributed by atoms with Crippen LogP contribution in [-0.2, 0) is 0 Å². The lowest BCUT2D eigenvalue weighted by molar-refractivity contribution is 0.0942. The average Bonchev–Trinajstić information content (AvgIpc) is 2.38. The summed E-state index contributed by atoms with van der Waals surface area (Å²) < 4.78 is 0. The Morgan fingerprint density at radius 1 is 1.50 bits per heavy atom. The van der Waals surface area contributed by atoms with Gasteiger partial charge in [0.25, 0.3) is 5.91 Å². The van der Waals surface area contributed by atoms with Crippen molar-refractivity contribution < 1.29 is 4.79 Å². The summed E-state index contributed by atoms with van der Waals surface area (Å²) in [5.74, 6) is 0.0862. The molecule has 0 spiro atoms. The molecule has 1 amide bonds. The summed E-state index contributed by atoms with van der Waals surface area (Å²) in [5.41, 5.74) is 5.69. The first-order valence-corrected chi connectivity index (χ1v) is 6.10. The van der Waals surface area contributed by atoms with Gasteiger partial charge in [0, 0.05) is 19.1 Å². The molecule has 6 heteroatoms. The van der Waals surface area contributed by atoms with E-state index in [0.29, 0.717) is 18.4 Å². The van der Waals surface area contributed by atoms with Gasteiger partial charge in [0.15, 0.2) is 0 Å². The van der Waals surface area contributed by atoms with Crippen molar-refractivity contribution in [2.24, 2.45) is 0 Å². The van der Waals surface area contributed by atoms with Gasteiger partial charge in [-0.1, -0.05) is 6.92 Å². The number of rotatable bonds is 6. The Morgan fingerprint density at radius 3 is 2.78 bits per heavy atom. The van der Waals surface area contributed by atoms with E-state index >= 15 is 0 Å². The maximum atomic E-state index is 11.7. The largest absolute Gasteiger partial charge is 0.382 e. The fourth-order valence-corrected chi connectivity index (χ4v) is 1.42. The molecule has 0 aliphatic heterocycles. The number of aromatic nitrogens is 2. The Bertz CT molecular complexity index is 379. The number of carbonyl (C=O) groups is 1. The number of hydrogen-bond donors (Lipinski definition) is 2. The highest BCUT2D eigenvalue weighted by Crippen LogP contribution is 1.99. The zero-order chi connectivity index (χ0) is 13.5. The number of nitrogens with two attached hydrogens (primary N) is 1. The van der Waals surface area contributed by atoms with E-state index in [9.17, 15) is 4.79 Å². The summed E-state index contributed by atoms with van der Waals surface area (Å²) in [6.07, 6.45) is 3.84. The molecule has 1 aromatic rings. The van der Waals surface area contributed by atoms with Gasteiger partial charge in [-0.05, 0) is 20.4 Å². The van der Waals surface area contributed by atoms with Crippen molar-refractivity contribution in [3.8, 4) is 0 Å². The second kappa shape index (κ2) is 6.90. The van der Waals surface area contributed by atoms with Crippen molar-refractivity contribution in [2.45, 2.75) is 26.3 Å². The van der Waals surface area contributed by atoms with Crippen molar-refractivity contribution in [1.82, 2.24) is 20.2 Å². The van der Waals surface area contributed by atoms with Crippen molar-refractivity contribution in [2.75, 3.05) is 25.9 Å². The molecule has 0 aromatic carbocycles. The number of carbonyl (C=O) groups excluding carboxylic acids is 1. The van der Waals surface area contributed by atoms with Gasteiger partial charge in [-0.2, -0.15) is 0 Å². The lowest BCUT2D eigenvalue weighted by Gasteiger charge is -2.23. The lowest BCUT2D eigenvalue weighted by Crippen LogP contribution is -2.37. The number of amides is 1. The van der Waals surface area contributed by atoms with Crippen molar-refractivity contribution in [1.29, 1.82) is 0 Å². The van der Waals surface area contributed by atoms with Gasteiger partial charge in [0.1, 0.15) is 11.5 Å². The number of nitrogens with zero attached hydrogens (tertiary/aromatic N) is 3. The van der Waals surface area contributed by atoms with Crippen LogP contribution in [0.25, 0.3) is 0 Å². The van der Waals surface area contributed by atoms with E-state index in [-0.39, 0.29) is 11.6 Å². The first-order chi connectivity index (χ1) is 8.54. The summed E-state index contributed by atoms with van der Waals surface area (Å²) in [7, 11) is 2.04. The fourth-order valence-electron chi connectivity index (χ4n) is 1.42. The molecule has 0 fully saturated rings. The van der Waals surface area contributed by atoms with Crippen molar-refractivity contribution >= 4 is 11.7 Å². The number of hydrogen-bond acceptors (Lipinski definition) is 5. The Kier molecular flexibility index (Phi) is 5.51. The molecule has 1 rings (SSSR count). The molecule has 3 N–H and O–H groups in total. The maximum Gasteiger partial charge on any atom is 0.271 e. The summed E-state index contributed by atoms with van der Waals surface area (Å²) in [4.78, 5) is 21.7. The maximum absolute atomic E-state index is 11.7. The minimum atomic E-state index is -0.222. The Balaban J connectivity index is 2.35. The van der Waals surface area contributed by atoms with Crippen LogP contribution < -0.4 is 11.1 Å². The Labute approximate surface area is 108 Å². The highest BCUT2D eigenvalue weighted by molar-refractivity contribution is 5.91. The third kappa shape index (κ3) is 4.29. The van der Waals surface area contributed by atoms with Gasteiger partial charge in [-0.25, -0.2) is 9.97 Å². The third-order valence-electron chi connectivity index (χ3n) is 3.00. The zero-order valence-electron chi connectivity index (χ0n) is 11.2. The molecule has 1 atom stereocenters. The minimum Gasteiger partial charge on any atom is -0.382 e. The van der Waals surface area contributed by atoms with Crippen LogP contribution in [0.1, 0.15) is 30.8 Å². The fraction of sp³-hybridized carbons (Fsp3) is 0.583. The first-order valence-electron chi connectivity index (χ1n) is 6.10. The topological polar surface area (TPSA) is 84.1 Å². The molecule has 0 aliphatic rings. The Morgan fingerprint density at radius 2 is 2.22 bits per heavy atom. The van der Waals surface area contributed by atoms with Gasteiger partial charge < -0.3 is 16.0 Å². The normalized spacial score (nSPS) is 12.4. The summed E-state index contributed by atoms with van der Waals surface area (Å²) >= 11 is 0. The molecule has 18 heavy (non-hydrogen) atoms. The Hall–Kier alpha value is -1.69. The molecular weight excluding hydrogens is 230 g/mol. The van der Waals surface area contributed by atoms with Crippen LogP contribution in [0.2, 0.25) is 0 Å². The van der Waals surface area contributed by atoms with Gasteiger partial charge in [-0.3, -0.25) is 4.79 Å². The van der Waals surface area contributed by atoms with E-state index in [0.717, 1.165) is 13.0 Å². The van der Waals surface area contributed by atoms with E-state index < -0.39 is 0 Å². The van der Waals surface area contributed by atoms with Crippen LogP contribution in [0.3, 0.4) is 0 Å². The van der Waals surface area contributed by atoms with E-state index in [4.69, 9.17) is 5.73 Å². The average molecular weight is 251 g/mol. The SMILES string of the molecule is CCC(C)N(C)CCNC(=O)c1cnc(N)cn1. The van der Waals surface area contributed by atoms with Crippen LogP contribution in [0, 0.1) is 0 Å². The lowest BCUT2D eigenvalue weighted by atomic mass is 10.2. The molecule has 1 aromatic heterocycles. The molecule has 0 bridgehead atoms. The number of nitrogens with one attached hydrogen (secondary N) is 1. The zero-order valence-corrected chi connectivity index (χ0v) is 11.2. The van der Waals surface area contributed by atoms with Crippen LogP contribution in [-0.4, -0.2) is 47.0 Å². The minimum absolute atomic E-state index is 0.222. The van der Waals surface area contributed by atoms with Crippen LogP contribution in [0.4, 0.5) is 5.82 Å². The third-order valence-corrected chi connectivity index (χ3v) is 3.00. The first kappa shape index (κ1) is 14.4. The molecule has 1 heterocycles. The molecule has 1 unspecified atom stereocenters. The molecule has 0 aliphatic carbocycles. The molecule has 100 valence electrons. The number of anilines is 1. The molecule has 0 saturated heterocycles. The predicted molar refractivity (Wildman–Crippen MR) is 71.2 cm³/mol. The summed E-state index contributed by atoms with van der Waals surface area (Å²) in [6.45, 7) is 5.70. The van der Waals surface area contributed by atoms with Crippen molar-refractivity contribution in [3.05, 3.63) is 18.1 Å². The molecule has 0 saturated carbocycles. The monoisotopic (exact) mass is 251 g/mol. The summed E-state index contributed by atoms with van der Waals surface area (Å²) in [5, 5.41) is 2.80. The van der Waals surface area contributed by atoms with E-state index in [1.165, 1.54) is 12.4 Å². The highest BCUT2D eigenvalue weighted by atomic mass is 16.1. The quantitative estimate of drug-likeness (QED) is 0.770. The smallest absolute Gasteiger partial charge is 0.271 e. The number of nitrogen functional groups attached to an aromatic ring is 1. The predicted octanol–water partition coefficient (Wildman–Crippen LogP) is 0.519. The van der Waals surface area contributed by atoms with Gasteiger partial charge >= 0.3 is 0 Å². The molecular formula is C12H21N5O. The summed E-state index contributed by atoms with van der Waals surface area (Å²) in [6, 6.07) is 0.512. The second-order valence-corrected chi connectivity index (χ2v) is 4.32. The van der Waals surface area contributed by atoms with E-state index in [1.54, 1.807) is 0 Å². The molecule has 0 radical (unpaired) electrons.